The summed E-state index contributed by atoms with van der Waals surface area (Å²) in [6.45, 7) is 2.13. The lowest BCUT2D eigenvalue weighted by Gasteiger charge is -2.12. The Labute approximate surface area is 153 Å². The SMILES string of the molecule is Cc1cc(Nc2cccc(C(F)(F)F)c2)nc(NCc2ccc(F)cc2)n1. The summed E-state index contributed by atoms with van der Waals surface area (Å²) >= 11 is 0. The van der Waals surface area contributed by atoms with E-state index in [1.54, 1.807) is 25.1 Å². The van der Waals surface area contributed by atoms with E-state index in [0.717, 1.165) is 17.7 Å². The van der Waals surface area contributed by atoms with Crippen LogP contribution in [-0.2, 0) is 12.7 Å². The molecule has 0 spiro atoms. The van der Waals surface area contributed by atoms with Crippen molar-refractivity contribution < 1.29 is 17.6 Å². The molecule has 3 aromatic rings. The second kappa shape index (κ2) is 7.61. The minimum Gasteiger partial charge on any atom is -0.350 e. The molecule has 2 aromatic carbocycles. The van der Waals surface area contributed by atoms with E-state index in [0.29, 0.717) is 24.0 Å². The molecule has 0 aliphatic rings. The van der Waals surface area contributed by atoms with E-state index in [1.807, 2.05) is 0 Å². The van der Waals surface area contributed by atoms with Gasteiger partial charge in [0.2, 0.25) is 5.95 Å². The van der Waals surface area contributed by atoms with Crippen LogP contribution in [0.3, 0.4) is 0 Å². The Morgan fingerprint density at radius 3 is 2.41 bits per heavy atom. The number of alkyl halides is 3. The third-order valence-electron chi connectivity index (χ3n) is 3.68. The van der Waals surface area contributed by atoms with Gasteiger partial charge in [-0.25, -0.2) is 9.37 Å². The molecule has 8 heteroatoms. The standard InChI is InChI=1S/C19H16F4N4/c1-12-9-17(26-16-4-2-3-14(10-16)19(21,22)23)27-18(25-12)24-11-13-5-7-15(20)8-6-13/h2-10H,11H2,1H3,(H2,24,25,26,27). The maximum absolute atomic E-state index is 12.9. The van der Waals surface area contributed by atoms with Crippen molar-refractivity contribution in [3.63, 3.8) is 0 Å². The molecule has 0 bridgehead atoms. The van der Waals surface area contributed by atoms with Gasteiger partial charge in [-0.3, -0.25) is 0 Å². The highest BCUT2D eigenvalue weighted by atomic mass is 19.4. The minimum atomic E-state index is -4.42. The normalized spacial score (nSPS) is 11.3. The van der Waals surface area contributed by atoms with Crippen LogP contribution in [0.2, 0.25) is 0 Å². The van der Waals surface area contributed by atoms with Crippen LogP contribution < -0.4 is 10.6 Å². The molecular weight excluding hydrogens is 360 g/mol. The summed E-state index contributed by atoms with van der Waals surface area (Å²) in [5, 5.41) is 5.88. The van der Waals surface area contributed by atoms with E-state index in [9.17, 15) is 17.6 Å². The first kappa shape index (κ1) is 18.6. The Bertz CT molecular complexity index is 924. The molecule has 140 valence electrons. The second-order valence-corrected chi connectivity index (χ2v) is 5.90. The lowest BCUT2D eigenvalue weighted by Crippen LogP contribution is -2.07. The molecule has 3 rings (SSSR count). The Hall–Kier alpha value is -3.16. The van der Waals surface area contributed by atoms with Crippen LogP contribution in [0.1, 0.15) is 16.8 Å². The van der Waals surface area contributed by atoms with Crippen molar-refractivity contribution in [3.8, 4) is 0 Å². The van der Waals surface area contributed by atoms with Gasteiger partial charge in [-0.1, -0.05) is 18.2 Å². The first-order valence-corrected chi connectivity index (χ1v) is 8.08. The van der Waals surface area contributed by atoms with Crippen molar-refractivity contribution >= 4 is 17.5 Å². The molecule has 0 saturated carbocycles. The Morgan fingerprint density at radius 2 is 1.70 bits per heavy atom. The summed E-state index contributed by atoms with van der Waals surface area (Å²) in [7, 11) is 0. The zero-order chi connectivity index (χ0) is 19.4. The summed E-state index contributed by atoms with van der Waals surface area (Å²) < 4.78 is 51.4. The lowest BCUT2D eigenvalue weighted by molar-refractivity contribution is -0.137. The average Bonchev–Trinajstić information content (AvgIpc) is 2.60. The van der Waals surface area contributed by atoms with Crippen LogP contribution in [-0.4, -0.2) is 9.97 Å². The Morgan fingerprint density at radius 1 is 0.963 bits per heavy atom. The van der Waals surface area contributed by atoms with Crippen molar-refractivity contribution in [1.29, 1.82) is 0 Å². The number of nitrogens with zero attached hydrogens (tertiary/aromatic N) is 2. The number of rotatable bonds is 5. The molecule has 0 aliphatic carbocycles. The van der Waals surface area contributed by atoms with E-state index in [2.05, 4.69) is 20.6 Å². The van der Waals surface area contributed by atoms with Gasteiger partial charge < -0.3 is 10.6 Å². The minimum absolute atomic E-state index is 0.271. The summed E-state index contributed by atoms with van der Waals surface area (Å²) in [5.74, 6) is 0.357. The van der Waals surface area contributed by atoms with E-state index < -0.39 is 11.7 Å². The van der Waals surface area contributed by atoms with E-state index in [1.165, 1.54) is 24.3 Å². The molecule has 2 N–H and O–H groups in total. The van der Waals surface area contributed by atoms with Gasteiger partial charge in [0.05, 0.1) is 5.56 Å². The number of halogens is 4. The topological polar surface area (TPSA) is 49.8 Å². The van der Waals surface area contributed by atoms with Gasteiger partial charge in [-0.05, 0) is 42.8 Å². The smallest absolute Gasteiger partial charge is 0.350 e. The molecule has 0 amide bonds. The molecule has 0 unspecified atom stereocenters. The van der Waals surface area contributed by atoms with Crippen molar-refractivity contribution in [2.45, 2.75) is 19.6 Å². The monoisotopic (exact) mass is 376 g/mol. The first-order valence-electron chi connectivity index (χ1n) is 8.08. The molecule has 0 saturated heterocycles. The van der Waals surface area contributed by atoms with Crippen molar-refractivity contribution in [3.05, 3.63) is 77.2 Å². The van der Waals surface area contributed by atoms with Gasteiger partial charge in [-0.2, -0.15) is 18.2 Å². The summed E-state index contributed by atoms with van der Waals surface area (Å²) in [6.07, 6.45) is -4.42. The van der Waals surface area contributed by atoms with Crippen LogP contribution >= 0.6 is 0 Å². The van der Waals surface area contributed by atoms with Crippen LogP contribution in [0, 0.1) is 12.7 Å². The van der Waals surface area contributed by atoms with Crippen molar-refractivity contribution in [1.82, 2.24) is 9.97 Å². The zero-order valence-corrected chi connectivity index (χ0v) is 14.3. The average molecular weight is 376 g/mol. The van der Waals surface area contributed by atoms with Gasteiger partial charge in [-0.15, -0.1) is 0 Å². The predicted molar refractivity (Wildman–Crippen MR) is 95.2 cm³/mol. The van der Waals surface area contributed by atoms with Crippen molar-refractivity contribution in [2.75, 3.05) is 10.6 Å². The quantitative estimate of drug-likeness (QED) is 0.594. The maximum Gasteiger partial charge on any atom is 0.416 e. The molecule has 1 aromatic heterocycles. The number of hydrogen-bond acceptors (Lipinski definition) is 4. The molecule has 4 nitrogen and oxygen atoms in total. The molecular formula is C19H16F4N4. The lowest BCUT2D eigenvalue weighted by atomic mass is 10.2. The molecule has 0 atom stereocenters. The summed E-state index contributed by atoms with van der Waals surface area (Å²) in [6, 6.07) is 12.5. The van der Waals surface area contributed by atoms with Gasteiger partial charge in [0.1, 0.15) is 11.6 Å². The third-order valence-corrected chi connectivity index (χ3v) is 3.68. The molecule has 1 heterocycles. The number of aromatic nitrogens is 2. The summed E-state index contributed by atoms with van der Waals surface area (Å²) in [5.41, 5.74) is 1.01. The van der Waals surface area contributed by atoms with Crippen LogP contribution in [0.15, 0.2) is 54.6 Å². The van der Waals surface area contributed by atoms with Gasteiger partial charge >= 0.3 is 6.18 Å². The molecule has 27 heavy (non-hydrogen) atoms. The fourth-order valence-corrected chi connectivity index (χ4v) is 2.42. The van der Waals surface area contributed by atoms with Gasteiger partial charge in [0.25, 0.3) is 0 Å². The highest BCUT2D eigenvalue weighted by Crippen LogP contribution is 2.31. The highest BCUT2D eigenvalue weighted by Gasteiger charge is 2.30. The molecule has 0 radical (unpaired) electrons. The van der Waals surface area contributed by atoms with E-state index in [-0.39, 0.29) is 11.5 Å². The fraction of sp³-hybridized carbons (Fsp3) is 0.158. The largest absolute Gasteiger partial charge is 0.416 e. The number of hydrogen-bond donors (Lipinski definition) is 2. The Kier molecular flexibility index (Phi) is 5.25. The van der Waals surface area contributed by atoms with E-state index >= 15 is 0 Å². The zero-order valence-electron chi connectivity index (χ0n) is 14.3. The Balaban J connectivity index is 1.74. The number of nitrogens with one attached hydrogen (secondary N) is 2. The highest BCUT2D eigenvalue weighted by molar-refractivity contribution is 5.58. The third kappa shape index (κ3) is 5.16. The van der Waals surface area contributed by atoms with E-state index in [4.69, 9.17) is 0 Å². The molecule has 0 fully saturated rings. The first-order chi connectivity index (χ1) is 12.8. The maximum atomic E-state index is 12.9. The predicted octanol–water partition coefficient (Wildman–Crippen LogP) is 5.30. The molecule has 0 aliphatic heterocycles. The van der Waals surface area contributed by atoms with Crippen LogP contribution in [0.4, 0.5) is 35.0 Å². The van der Waals surface area contributed by atoms with Gasteiger partial charge in [0, 0.05) is 24.0 Å². The number of anilines is 3. The van der Waals surface area contributed by atoms with Crippen molar-refractivity contribution in [2.24, 2.45) is 0 Å². The second-order valence-electron chi connectivity index (χ2n) is 5.90. The number of benzene rings is 2. The number of aryl methyl sites for hydroxylation is 1. The summed E-state index contributed by atoms with van der Waals surface area (Å²) in [4.78, 5) is 8.51. The fourth-order valence-electron chi connectivity index (χ4n) is 2.42. The van der Waals surface area contributed by atoms with Crippen LogP contribution in [0.5, 0.6) is 0 Å². The van der Waals surface area contributed by atoms with Gasteiger partial charge in [0.15, 0.2) is 0 Å². The van der Waals surface area contributed by atoms with Crippen LogP contribution in [0.25, 0.3) is 0 Å².